The molecule has 0 heterocycles. The average Bonchev–Trinajstić information content (AvgIpc) is 2.52. The van der Waals surface area contributed by atoms with Gasteiger partial charge in [0.2, 0.25) is 5.91 Å². The Morgan fingerprint density at radius 1 is 1.14 bits per heavy atom. The zero-order valence-corrected chi connectivity index (χ0v) is 12.5. The lowest BCUT2D eigenvalue weighted by Crippen LogP contribution is -2.29. The highest BCUT2D eigenvalue weighted by Gasteiger charge is 2.06. The van der Waals surface area contributed by atoms with Gasteiger partial charge in [0.05, 0.1) is 24.4 Å². The van der Waals surface area contributed by atoms with Crippen molar-refractivity contribution >= 4 is 23.2 Å². The van der Waals surface area contributed by atoms with Gasteiger partial charge in [-0.05, 0) is 18.2 Å². The Morgan fingerprint density at radius 3 is 2.62 bits per heavy atom. The number of amides is 1. The van der Waals surface area contributed by atoms with Gasteiger partial charge in [0.1, 0.15) is 5.75 Å². The van der Waals surface area contributed by atoms with E-state index >= 15 is 0 Å². The lowest BCUT2D eigenvalue weighted by atomic mass is 10.2. The Hall–Kier alpha value is -2.20. The van der Waals surface area contributed by atoms with Crippen molar-refractivity contribution in [1.82, 2.24) is 5.32 Å². The van der Waals surface area contributed by atoms with Crippen LogP contribution in [-0.2, 0) is 11.3 Å². The maximum Gasteiger partial charge on any atom is 0.239 e. The van der Waals surface area contributed by atoms with Crippen LogP contribution in [0.4, 0.5) is 5.69 Å². The van der Waals surface area contributed by atoms with Crippen LogP contribution in [-0.4, -0.2) is 19.6 Å². The number of rotatable bonds is 6. The van der Waals surface area contributed by atoms with Gasteiger partial charge >= 0.3 is 0 Å². The standard InChI is InChI=1S/C16H17ClN2O2/c1-21-15-9-5-2-6-12(15)10-19-16(20)11-18-14-8-4-3-7-13(14)17/h2-9,18H,10-11H2,1H3,(H,19,20). The Balaban J connectivity index is 1.84. The zero-order chi connectivity index (χ0) is 15.1. The summed E-state index contributed by atoms with van der Waals surface area (Å²) in [4.78, 5) is 11.8. The maximum atomic E-state index is 11.8. The minimum Gasteiger partial charge on any atom is -0.496 e. The lowest BCUT2D eigenvalue weighted by molar-refractivity contribution is -0.119. The van der Waals surface area contributed by atoms with E-state index in [4.69, 9.17) is 16.3 Å². The summed E-state index contributed by atoms with van der Waals surface area (Å²) in [7, 11) is 1.61. The number of ether oxygens (including phenoxy) is 1. The smallest absolute Gasteiger partial charge is 0.239 e. The molecule has 0 aromatic heterocycles. The van der Waals surface area contributed by atoms with Crippen LogP contribution in [0.1, 0.15) is 5.56 Å². The number of nitrogens with one attached hydrogen (secondary N) is 2. The second kappa shape index (κ2) is 7.55. The molecule has 2 rings (SSSR count). The third kappa shape index (κ3) is 4.39. The van der Waals surface area contributed by atoms with E-state index in [1.807, 2.05) is 42.5 Å². The summed E-state index contributed by atoms with van der Waals surface area (Å²) in [6.45, 7) is 0.589. The topological polar surface area (TPSA) is 50.4 Å². The highest BCUT2D eigenvalue weighted by molar-refractivity contribution is 6.33. The molecular weight excluding hydrogens is 288 g/mol. The summed E-state index contributed by atoms with van der Waals surface area (Å²) in [5, 5.41) is 6.43. The molecule has 5 heteroatoms. The van der Waals surface area contributed by atoms with Crippen molar-refractivity contribution in [2.24, 2.45) is 0 Å². The first kappa shape index (κ1) is 15.2. The van der Waals surface area contributed by atoms with Gasteiger partial charge in [-0.1, -0.05) is 41.9 Å². The Bertz CT molecular complexity index is 617. The van der Waals surface area contributed by atoms with E-state index < -0.39 is 0 Å². The van der Waals surface area contributed by atoms with Crippen LogP contribution < -0.4 is 15.4 Å². The minimum atomic E-state index is -0.110. The summed E-state index contributed by atoms with van der Waals surface area (Å²) < 4.78 is 5.24. The summed E-state index contributed by atoms with van der Waals surface area (Å²) in [5.74, 6) is 0.651. The van der Waals surface area contributed by atoms with Crippen LogP contribution in [0.15, 0.2) is 48.5 Å². The van der Waals surface area contributed by atoms with Crippen molar-refractivity contribution in [2.75, 3.05) is 19.0 Å². The van der Waals surface area contributed by atoms with Crippen LogP contribution in [0, 0.1) is 0 Å². The van der Waals surface area contributed by atoms with E-state index in [0.29, 0.717) is 11.6 Å². The van der Waals surface area contributed by atoms with Crippen molar-refractivity contribution < 1.29 is 9.53 Å². The molecule has 0 bridgehead atoms. The largest absolute Gasteiger partial charge is 0.496 e. The molecule has 0 aliphatic rings. The van der Waals surface area contributed by atoms with E-state index in [0.717, 1.165) is 17.0 Å². The number of benzene rings is 2. The molecular formula is C16H17ClN2O2. The van der Waals surface area contributed by atoms with Crippen molar-refractivity contribution in [3.05, 3.63) is 59.1 Å². The molecule has 0 saturated carbocycles. The summed E-state index contributed by atoms with van der Waals surface area (Å²) in [5.41, 5.74) is 1.68. The molecule has 0 atom stereocenters. The van der Waals surface area contributed by atoms with Gasteiger partial charge in [-0.3, -0.25) is 4.79 Å². The maximum absolute atomic E-state index is 11.8. The number of hydrogen-bond donors (Lipinski definition) is 2. The number of carbonyl (C=O) groups excluding carboxylic acids is 1. The monoisotopic (exact) mass is 304 g/mol. The molecule has 1 amide bonds. The quantitative estimate of drug-likeness (QED) is 0.862. The summed E-state index contributed by atoms with van der Waals surface area (Å²) >= 11 is 6.01. The highest BCUT2D eigenvalue weighted by Crippen LogP contribution is 2.20. The first-order chi connectivity index (χ1) is 10.2. The van der Waals surface area contributed by atoms with Crippen molar-refractivity contribution in [2.45, 2.75) is 6.54 Å². The van der Waals surface area contributed by atoms with E-state index in [9.17, 15) is 4.79 Å². The van der Waals surface area contributed by atoms with E-state index in [2.05, 4.69) is 10.6 Å². The minimum absolute atomic E-state index is 0.110. The number of hydrogen-bond acceptors (Lipinski definition) is 3. The molecule has 0 aliphatic carbocycles. The predicted molar refractivity (Wildman–Crippen MR) is 84.8 cm³/mol. The fraction of sp³-hybridized carbons (Fsp3) is 0.188. The molecule has 2 aromatic rings. The van der Waals surface area contributed by atoms with Crippen LogP contribution in [0.25, 0.3) is 0 Å². The molecule has 2 N–H and O–H groups in total. The molecule has 110 valence electrons. The SMILES string of the molecule is COc1ccccc1CNC(=O)CNc1ccccc1Cl. The van der Waals surface area contributed by atoms with Gasteiger partial charge in [-0.2, -0.15) is 0 Å². The molecule has 0 saturated heterocycles. The summed E-state index contributed by atoms with van der Waals surface area (Å²) in [6, 6.07) is 14.9. The van der Waals surface area contributed by atoms with Crippen molar-refractivity contribution in [3.8, 4) is 5.75 Å². The third-order valence-corrected chi connectivity index (χ3v) is 3.31. The van der Waals surface area contributed by atoms with Crippen LogP contribution in [0.5, 0.6) is 5.75 Å². The Morgan fingerprint density at radius 2 is 1.86 bits per heavy atom. The molecule has 21 heavy (non-hydrogen) atoms. The molecule has 0 fully saturated rings. The van der Waals surface area contributed by atoms with Crippen molar-refractivity contribution in [1.29, 1.82) is 0 Å². The number of para-hydroxylation sites is 2. The van der Waals surface area contributed by atoms with Crippen molar-refractivity contribution in [3.63, 3.8) is 0 Å². The third-order valence-electron chi connectivity index (χ3n) is 2.98. The second-order valence-corrected chi connectivity index (χ2v) is 4.83. The fourth-order valence-electron chi connectivity index (χ4n) is 1.89. The molecule has 4 nitrogen and oxygen atoms in total. The molecule has 2 aromatic carbocycles. The Kier molecular flexibility index (Phi) is 5.46. The van der Waals surface area contributed by atoms with Gasteiger partial charge in [0.15, 0.2) is 0 Å². The highest BCUT2D eigenvalue weighted by atomic mass is 35.5. The number of anilines is 1. The molecule has 0 unspecified atom stereocenters. The second-order valence-electron chi connectivity index (χ2n) is 4.42. The lowest BCUT2D eigenvalue weighted by Gasteiger charge is -2.11. The molecule has 0 spiro atoms. The first-order valence-electron chi connectivity index (χ1n) is 6.57. The summed E-state index contributed by atoms with van der Waals surface area (Å²) in [6.07, 6.45) is 0. The van der Waals surface area contributed by atoms with E-state index in [1.165, 1.54) is 0 Å². The van der Waals surface area contributed by atoms with Crippen LogP contribution >= 0.6 is 11.6 Å². The normalized spacial score (nSPS) is 10.0. The van der Waals surface area contributed by atoms with E-state index in [1.54, 1.807) is 13.2 Å². The zero-order valence-electron chi connectivity index (χ0n) is 11.7. The number of halogens is 1. The number of methoxy groups -OCH3 is 1. The van der Waals surface area contributed by atoms with Crippen LogP contribution in [0.3, 0.4) is 0 Å². The predicted octanol–water partition coefficient (Wildman–Crippen LogP) is 3.08. The molecule has 0 aliphatic heterocycles. The Labute approximate surface area is 129 Å². The first-order valence-corrected chi connectivity index (χ1v) is 6.95. The molecule has 0 radical (unpaired) electrons. The van der Waals surface area contributed by atoms with Gasteiger partial charge in [0.25, 0.3) is 0 Å². The average molecular weight is 305 g/mol. The number of carbonyl (C=O) groups is 1. The van der Waals surface area contributed by atoms with Crippen LogP contribution in [0.2, 0.25) is 5.02 Å². The van der Waals surface area contributed by atoms with Gasteiger partial charge in [-0.25, -0.2) is 0 Å². The van der Waals surface area contributed by atoms with Gasteiger partial charge in [-0.15, -0.1) is 0 Å². The fourth-order valence-corrected chi connectivity index (χ4v) is 2.09. The van der Waals surface area contributed by atoms with Gasteiger partial charge < -0.3 is 15.4 Å². The van der Waals surface area contributed by atoms with E-state index in [-0.39, 0.29) is 12.5 Å². The van der Waals surface area contributed by atoms with Gasteiger partial charge in [0, 0.05) is 12.1 Å².